The van der Waals surface area contributed by atoms with Crippen LogP contribution in [0.4, 0.5) is 5.69 Å². The van der Waals surface area contributed by atoms with Crippen molar-refractivity contribution >= 4 is 15.7 Å². The molecule has 1 aromatic heterocycles. The SMILES string of the molecule is COc1nc(C)c(NS(=O)(=O)c2ccc(C)cc2)c(C)n1. The van der Waals surface area contributed by atoms with Gasteiger partial charge in [-0.05, 0) is 32.9 Å². The molecule has 1 N–H and O–H groups in total. The van der Waals surface area contributed by atoms with Gasteiger partial charge in [-0.2, -0.15) is 9.97 Å². The first-order valence-corrected chi connectivity index (χ1v) is 7.80. The molecule has 0 aliphatic carbocycles. The average molecular weight is 307 g/mol. The molecule has 0 saturated heterocycles. The lowest BCUT2D eigenvalue weighted by molar-refractivity contribution is 0.378. The third kappa shape index (κ3) is 3.30. The third-order valence-corrected chi connectivity index (χ3v) is 4.37. The van der Waals surface area contributed by atoms with Crippen LogP contribution in [-0.4, -0.2) is 25.5 Å². The second-order valence-electron chi connectivity index (χ2n) is 4.67. The molecule has 21 heavy (non-hydrogen) atoms. The van der Waals surface area contributed by atoms with Gasteiger partial charge in [-0.25, -0.2) is 8.42 Å². The number of sulfonamides is 1. The molecule has 6 nitrogen and oxygen atoms in total. The Hall–Kier alpha value is -2.15. The van der Waals surface area contributed by atoms with Gasteiger partial charge >= 0.3 is 6.01 Å². The van der Waals surface area contributed by atoms with Crippen LogP contribution in [0.25, 0.3) is 0 Å². The topological polar surface area (TPSA) is 81.2 Å². The van der Waals surface area contributed by atoms with Crippen molar-refractivity contribution in [1.82, 2.24) is 9.97 Å². The minimum Gasteiger partial charge on any atom is -0.467 e. The molecule has 112 valence electrons. The maximum Gasteiger partial charge on any atom is 0.316 e. The van der Waals surface area contributed by atoms with Crippen molar-refractivity contribution in [3.8, 4) is 6.01 Å². The standard InChI is InChI=1S/C14H17N3O3S/c1-9-5-7-12(8-6-9)21(18,19)17-13-10(2)15-14(20-4)16-11(13)3/h5-8,17H,1-4H3. The molecule has 2 aromatic rings. The van der Waals surface area contributed by atoms with E-state index >= 15 is 0 Å². The fourth-order valence-electron chi connectivity index (χ4n) is 1.84. The fraction of sp³-hybridized carbons (Fsp3) is 0.286. The zero-order valence-electron chi connectivity index (χ0n) is 12.3. The first kappa shape index (κ1) is 15.2. The number of aromatic nitrogens is 2. The first-order chi connectivity index (χ1) is 9.83. The Morgan fingerprint density at radius 3 is 2.00 bits per heavy atom. The molecule has 0 saturated carbocycles. The highest BCUT2D eigenvalue weighted by Crippen LogP contribution is 2.23. The Morgan fingerprint density at radius 2 is 1.52 bits per heavy atom. The minimum absolute atomic E-state index is 0.197. The van der Waals surface area contributed by atoms with E-state index in [-0.39, 0.29) is 10.9 Å². The Balaban J connectivity index is 2.39. The molecular formula is C14H17N3O3S. The highest BCUT2D eigenvalue weighted by molar-refractivity contribution is 7.92. The lowest BCUT2D eigenvalue weighted by Gasteiger charge is -2.13. The molecule has 0 bridgehead atoms. The number of methoxy groups -OCH3 is 1. The summed E-state index contributed by atoms with van der Waals surface area (Å²) >= 11 is 0. The highest BCUT2D eigenvalue weighted by atomic mass is 32.2. The Labute approximate surface area is 124 Å². The van der Waals surface area contributed by atoms with Crippen LogP contribution in [0, 0.1) is 20.8 Å². The van der Waals surface area contributed by atoms with E-state index in [1.807, 2.05) is 6.92 Å². The van der Waals surface area contributed by atoms with Crippen LogP contribution in [0.1, 0.15) is 17.0 Å². The number of nitrogens with one attached hydrogen (secondary N) is 1. The van der Waals surface area contributed by atoms with Crippen molar-refractivity contribution in [3.63, 3.8) is 0 Å². The van der Waals surface area contributed by atoms with E-state index in [0.29, 0.717) is 17.1 Å². The minimum atomic E-state index is -3.67. The number of nitrogens with zero attached hydrogens (tertiary/aromatic N) is 2. The van der Waals surface area contributed by atoms with Crippen LogP contribution in [0.3, 0.4) is 0 Å². The van der Waals surface area contributed by atoms with Crippen LogP contribution in [0.5, 0.6) is 6.01 Å². The molecular weight excluding hydrogens is 290 g/mol. The van der Waals surface area contributed by atoms with Gasteiger partial charge in [-0.15, -0.1) is 0 Å². The summed E-state index contributed by atoms with van der Waals surface area (Å²) in [6, 6.07) is 6.83. The molecule has 2 rings (SSSR count). The summed E-state index contributed by atoms with van der Waals surface area (Å²) in [4.78, 5) is 8.37. The third-order valence-electron chi connectivity index (χ3n) is 3.00. The van der Waals surface area contributed by atoms with E-state index in [4.69, 9.17) is 4.74 Å². The number of rotatable bonds is 4. The molecule has 0 unspecified atom stereocenters. The molecule has 0 aliphatic rings. The van der Waals surface area contributed by atoms with Crippen LogP contribution < -0.4 is 9.46 Å². The van der Waals surface area contributed by atoms with Crippen molar-refractivity contribution in [2.75, 3.05) is 11.8 Å². The van der Waals surface area contributed by atoms with Crippen molar-refractivity contribution in [2.45, 2.75) is 25.7 Å². The molecule has 0 aliphatic heterocycles. The van der Waals surface area contributed by atoms with Gasteiger partial charge in [0.1, 0.15) is 0 Å². The van der Waals surface area contributed by atoms with E-state index in [2.05, 4.69) is 14.7 Å². The van der Waals surface area contributed by atoms with Crippen molar-refractivity contribution in [2.24, 2.45) is 0 Å². The van der Waals surface area contributed by atoms with E-state index in [9.17, 15) is 8.42 Å². The predicted molar refractivity (Wildman–Crippen MR) is 80.0 cm³/mol. The second kappa shape index (κ2) is 5.69. The lowest BCUT2D eigenvalue weighted by Crippen LogP contribution is -2.16. The van der Waals surface area contributed by atoms with Crippen molar-refractivity contribution < 1.29 is 13.2 Å². The Kier molecular flexibility index (Phi) is 4.13. The van der Waals surface area contributed by atoms with Gasteiger partial charge in [0.05, 0.1) is 29.1 Å². The molecule has 7 heteroatoms. The second-order valence-corrected chi connectivity index (χ2v) is 6.36. The zero-order chi connectivity index (χ0) is 15.6. The summed E-state index contributed by atoms with van der Waals surface area (Å²) in [6.45, 7) is 5.30. The van der Waals surface area contributed by atoms with Gasteiger partial charge in [0.25, 0.3) is 10.0 Å². The maximum absolute atomic E-state index is 12.4. The van der Waals surface area contributed by atoms with Gasteiger partial charge in [-0.3, -0.25) is 4.72 Å². The zero-order valence-corrected chi connectivity index (χ0v) is 13.2. The molecule has 0 amide bonds. The van der Waals surface area contributed by atoms with Crippen molar-refractivity contribution in [3.05, 3.63) is 41.2 Å². The summed E-state index contributed by atoms with van der Waals surface area (Å²) in [5.74, 6) is 0. The van der Waals surface area contributed by atoms with E-state index in [1.165, 1.54) is 7.11 Å². The summed E-state index contributed by atoms with van der Waals surface area (Å²) in [5.41, 5.74) is 2.38. The lowest BCUT2D eigenvalue weighted by atomic mass is 10.2. The molecule has 0 atom stereocenters. The number of aryl methyl sites for hydroxylation is 3. The largest absolute Gasteiger partial charge is 0.467 e. The quantitative estimate of drug-likeness (QED) is 0.936. The Morgan fingerprint density at radius 1 is 1.00 bits per heavy atom. The fourth-order valence-corrected chi connectivity index (χ4v) is 3.01. The normalized spacial score (nSPS) is 11.2. The summed E-state index contributed by atoms with van der Waals surface area (Å²) in [7, 11) is -2.20. The van der Waals surface area contributed by atoms with Crippen molar-refractivity contribution in [1.29, 1.82) is 0 Å². The molecule has 0 spiro atoms. The monoisotopic (exact) mass is 307 g/mol. The first-order valence-electron chi connectivity index (χ1n) is 6.32. The number of anilines is 1. The van der Waals surface area contributed by atoms with Gasteiger partial charge < -0.3 is 4.74 Å². The number of hydrogen-bond acceptors (Lipinski definition) is 5. The molecule has 0 radical (unpaired) electrons. The van der Waals surface area contributed by atoms with Gasteiger partial charge in [-0.1, -0.05) is 17.7 Å². The van der Waals surface area contributed by atoms with E-state index in [1.54, 1.807) is 38.1 Å². The van der Waals surface area contributed by atoms with Gasteiger partial charge in [0.15, 0.2) is 0 Å². The highest BCUT2D eigenvalue weighted by Gasteiger charge is 2.18. The van der Waals surface area contributed by atoms with E-state index in [0.717, 1.165) is 5.56 Å². The van der Waals surface area contributed by atoms with Gasteiger partial charge in [0, 0.05) is 0 Å². The van der Waals surface area contributed by atoms with Gasteiger partial charge in [0.2, 0.25) is 0 Å². The average Bonchev–Trinajstić information content (AvgIpc) is 2.43. The van der Waals surface area contributed by atoms with Crippen LogP contribution >= 0.6 is 0 Å². The summed E-state index contributed by atoms with van der Waals surface area (Å²) < 4.78 is 32.2. The number of ether oxygens (including phenoxy) is 1. The number of hydrogen-bond donors (Lipinski definition) is 1. The summed E-state index contributed by atoms with van der Waals surface area (Å²) in [6.07, 6.45) is 0. The Bertz CT molecular complexity index is 733. The smallest absolute Gasteiger partial charge is 0.316 e. The predicted octanol–water partition coefficient (Wildman–Crippen LogP) is 2.21. The molecule has 1 heterocycles. The summed E-state index contributed by atoms with van der Waals surface area (Å²) in [5, 5.41) is 0. The van der Waals surface area contributed by atoms with Crippen LogP contribution in [-0.2, 0) is 10.0 Å². The maximum atomic E-state index is 12.4. The van der Waals surface area contributed by atoms with E-state index < -0.39 is 10.0 Å². The molecule has 1 aromatic carbocycles. The molecule has 0 fully saturated rings. The number of benzene rings is 1. The van der Waals surface area contributed by atoms with Crippen LogP contribution in [0.2, 0.25) is 0 Å². The van der Waals surface area contributed by atoms with Crippen LogP contribution in [0.15, 0.2) is 29.2 Å².